The summed E-state index contributed by atoms with van der Waals surface area (Å²) in [7, 11) is -0.658. The van der Waals surface area contributed by atoms with Crippen LogP contribution in [0.1, 0.15) is 5.56 Å². The summed E-state index contributed by atoms with van der Waals surface area (Å²) < 4.78 is 7.25. The van der Waals surface area contributed by atoms with Gasteiger partial charge in [-0.2, -0.15) is 0 Å². The lowest BCUT2D eigenvalue weighted by Crippen LogP contribution is -2.37. The molecule has 3 aromatic rings. The van der Waals surface area contributed by atoms with Gasteiger partial charge in [0.1, 0.15) is 12.4 Å². The number of benzene rings is 3. The molecule has 0 aliphatic heterocycles. The molecule has 6 heteroatoms. The summed E-state index contributed by atoms with van der Waals surface area (Å²) in [5.74, 6) is 0.797. The number of halogens is 2. The Morgan fingerprint density at radius 2 is 1.78 bits per heavy atom. The van der Waals surface area contributed by atoms with E-state index in [0.29, 0.717) is 13.2 Å². The van der Waals surface area contributed by atoms with Gasteiger partial charge in [-0.15, -0.1) is 0 Å². The molecule has 0 atom stereocenters. The number of fused-ring (bicyclic) bond motifs is 1. The van der Waals surface area contributed by atoms with Crippen LogP contribution in [0.15, 0.2) is 72.3 Å². The summed E-state index contributed by atoms with van der Waals surface area (Å²) in [6.07, 6.45) is 1.81. The van der Waals surface area contributed by atoms with Crippen LogP contribution in [-0.2, 0) is 6.61 Å². The zero-order chi connectivity index (χ0) is 19.2. The van der Waals surface area contributed by atoms with Gasteiger partial charge in [0, 0.05) is 38.2 Å². The molecule has 0 bridgehead atoms. The maximum absolute atomic E-state index is 10.3. The zero-order valence-electron chi connectivity index (χ0n) is 15.0. The fraction of sp³-hybridized carbons (Fsp3) is 0.143. The third-order valence-corrected chi connectivity index (χ3v) is 5.62. The van der Waals surface area contributed by atoms with Gasteiger partial charge in [0.15, 0.2) is 0 Å². The first-order chi connectivity index (χ1) is 13.1. The second kappa shape index (κ2) is 9.49. The molecule has 0 amide bonds. The molecule has 0 unspecified atom stereocenters. The lowest BCUT2D eigenvalue weighted by Gasteiger charge is -2.27. The van der Waals surface area contributed by atoms with Gasteiger partial charge in [-0.25, -0.2) is 0 Å². The molecular formula is C21H20BClINO2. The van der Waals surface area contributed by atoms with E-state index in [2.05, 4.69) is 34.7 Å². The Kier molecular flexibility index (Phi) is 7.04. The van der Waals surface area contributed by atoms with E-state index in [0.717, 1.165) is 31.3 Å². The Morgan fingerprint density at radius 3 is 2.44 bits per heavy atom. The lowest BCUT2D eigenvalue weighted by atomic mass is 9.84. The average Bonchev–Trinajstić information content (AvgIpc) is 2.69. The standard InChI is InChI=1S/C21H20BClINO2/c1-22(26)25(13-7-12-23)19-14-20(27-15-16-8-3-2-4-9-16)17-10-5-6-11-18(17)21(19)24/h2-12,14,26H,13,15H2,1H3. The van der Waals surface area contributed by atoms with Crippen molar-refractivity contribution in [1.82, 2.24) is 0 Å². The van der Waals surface area contributed by atoms with E-state index in [1.165, 1.54) is 5.54 Å². The van der Waals surface area contributed by atoms with E-state index in [9.17, 15) is 5.02 Å². The topological polar surface area (TPSA) is 32.7 Å². The molecule has 0 fully saturated rings. The first-order valence-corrected chi connectivity index (χ1v) is 10.2. The molecule has 1 N–H and O–H groups in total. The van der Waals surface area contributed by atoms with Crippen LogP contribution in [0, 0.1) is 3.57 Å². The fourth-order valence-corrected chi connectivity index (χ4v) is 3.98. The SMILES string of the molecule is CB(O)N(CC=CCl)c1cc(OCc2ccccc2)c2ccccc2c1I. The molecule has 3 nitrogen and oxygen atoms in total. The van der Waals surface area contributed by atoms with Gasteiger partial charge in [0.05, 0.1) is 0 Å². The molecule has 0 aliphatic carbocycles. The first kappa shape index (κ1) is 20.0. The van der Waals surface area contributed by atoms with Gasteiger partial charge in [0.25, 0.3) is 0 Å². The van der Waals surface area contributed by atoms with E-state index in [1.807, 2.05) is 59.4 Å². The van der Waals surface area contributed by atoms with Crippen molar-refractivity contribution in [2.24, 2.45) is 0 Å². The van der Waals surface area contributed by atoms with E-state index < -0.39 is 7.05 Å². The average molecular weight is 492 g/mol. The third-order valence-electron chi connectivity index (χ3n) is 4.31. The van der Waals surface area contributed by atoms with Gasteiger partial charge in [-0.05, 0) is 35.0 Å². The van der Waals surface area contributed by atoms with Gasteiger partial charge in [0.2, 0.25) is 0 Å². The van der Waals surface area contributed by atoms with Gasteiger partial charge in [-0.1, -0.05) is 72.3 Å². The highest BCUT2D eigenvalue weighted by Crippen LogP contribution is 2.37. The molecule has 0 saturated heterocycles. The molecule has 3 rings (SSSR count). The molecule has 0 aromatic heterocycles. The zero-order valence-corrected chi connectivity index (χ0v) is 17.9. The summed E-state index contributed by atoms with van der Waals surface area (Å²) in [4.78, 5) is 1.89. The highest BCUT2D eigenvalue weighted by atomic mass is 127. The van der Waals surface area contributed by atoms with E-state index >= 15 is 0 Å². The first-order valence-electron chi connectivity index (χ1n) is 8.69. The van der Waals surface area contributed by atoms with Crippen molar-refractivity contribution in [2.45, 2.75) is 13.4 Å². The molecule has 3 aromatic carbocycles. The highest BCUT2D eigenvalue weighted by Gasteiger charge is 2.21. The summed E-state index contributed by atoms with van der Waals surface area (Å²) in [5.41, 5.74) is 3.50. The Bertz CT molecular complexity index is 934. The van der Waals surface area contributed by atoms with Crippen LogP contribution >= 0.6 is 34.2 Å². The molecule has 0 aliphatic rings. The molecule has 0 saturated carbocycles. The molecule has 0 radical (unpaired) electrons. The maximum atomic E-state index is 10.3. The number of nitrogens with zero attached hydrogens (tertiary/aromatic N) is 1. The summed E-state index contributed by atoms with van der Waals surface area (Å²) in [6, 6.07) is 20.3. The predicted octanol–water partition coefficient (Wildman–Crippen LogP) is 5.69. The lowest BCUT2D eigenvalue weighted by molar-refractivity contribution is 0.310. The Labute approximate surface area is 178 Å². The minimum Gasteiger partial charge on any atom is -0.488 e. The van der Waals surface area contributed by atoms with E-state index in [4.69, 9.17) is 16.3 Å². The number of hydrogen-bond acceptors (Lipinski definition) is 3. The molecular weight excluding hydrogens is 471 g/mol. The summed E-state index contributed by atoms with van der Waals surface area (Å²) >= 11 is 8.04. The normalized spacial score (nSPS) is 11.1. The van der Waals surface area contributed by atoms with Crippen molar-refractivity contribution in [3.63, 3.8) is 0 Å². The Balaban J connectivity index is 2.05. The smallest absolute Gasteiger partial charge is 0.409 e. The quantitative estimate of drug-likeness (QED) is 0.340. The maximum Gasteiger partial charge on any atom is 0.409 e. The van der Waals surface area contributed by atoms with Crippen molar-refractivity contribution >= 4 is 57.7 Å². The van der Waals surface area contributed by atoms with Gasteiger partial charge < -0.3 is 14.6 Å². The van der Waals surface area contributed by atoms with Crippen LogP contribution in [0.2, 0.25) is 6.82 Å². The van der Waals surface area contributed by atoms with Crippen molar-refractivity contribution in [3.8, 4) is 5.75 Å². The molecule has 0 heterocycles. The van der Waals surface area contributed by atoms with Crippen LogP contribution in [0.3, 0.4) is 0 Å². The second-order valence-electron chi connectivity index (χ2n) is 6.17. The number of anilines is 1. The van der Waals surface area contributed by atoms with Crippen LogP contribution in [0.4, 0.5) is 5.69 Å². The van der Waals surface area contributed by atoms with Crippen LogP contribution in [0.25, 0.3) is 10.8 Å². The molecule has 27 heavy (non-hydrogen) atoms. The number of rotatable bonds is 7. The van der Waals surface area contributed by atoms with Crippen molar-refractivity contribution in [3.05, 3.63) is 81.4 Å². The monoisotopic (exact) mass is 491 g/mol. The Morgan fingerprint density at radius 1 is 1.11 bits per heavy atom. The minimum atomic E-state index is -0.658. The number of hydrogen-bond donors (Lipinski definition) is 1. The van der Waals surface area contributed by atoms with Crippen molar-refractivity contribution in [1.29, 1.82) is 0 Å². The molecule has 0 spiro atoms. The van der Waals surface area contributed by atoms with Gasteiger partial charge >= 0.3 is 7.05 Å². The predicted molar refractivity (Wildman–Crippen MR) is 124 cm³/mol. The second-order valence-corrected chi connectivity index (χ2v) is 7.50. The Hall–Kier alpha value is -1.70. The van der Waals surface area contributed by atoms with E-state index in [1.54, 1.807) is 6.82 Å². The largest absolute Gasteiger partial charge is 0.488 e. The van der Waals surface area contributed by atoms with Crippen molar-refractivity contribution < 1.29 is 9.76 Å². The van der Waals surface area contributed by atoms with Gasteiger partial charge in [-0.3, -0.25) is 0 Å². The number of ether oxygens (including phenoxy) is 1. The highest BCUT2D eigenvalue weighted by molar-refractivity contribution is 14.1. The minimum absolute atomic E-state index is 0.487. The van der Waals surface area contributed by atoms with Crippen LogP contribution < -0.4 is 9.55 Å². The van der Waals surface area contributed by atoms with Crippen LogP contribution in [-0.4, -0.2) is 18.6 Å². The summed E-state index contributed by atoms with van der Waals surface area (Å²) in [6.45, 7) is 2.74. The summed E-state index contributed by atoms with van der Waals surface area (Å²) in [5, 5.41) is 12.4. The van der Waals surface area contributed by atoms with E-state index in [-0.39, 0.29) is 0 Å². The van der Waals surface area contributed by atoms with Crippen molar-refractivity contribution in [2.75, 3.05) is 11.4 Å². The fourth-order valence-electron chi connectivity index (χ4n) is 2.96. The third kappa shape index (κ3) is 4.78. The molecule has 138 valence electrons. The van der Waals surface area contributed by atoms with Crippen LogP contribution in [0.5, 0.6) is 5.75 Å².